The van der Waals surface area contributed by atoms with Crippen LogP contribution in [0.5, 0.6) is 0 Å². The fourth-order valence-corrected chi connectivity index (χ4v) is 4.11. The van der Waals surface area contributed by atoms with E-state index in [1.807, 2.05) is 36.5 Å². The van der Waals surface area contributed by atoms with E-state index in [0.29, 0.717) is 16.9 Å². The number of likely N-dealkylation sites (N-methyl/N-ethyl adjacent to an activating group) is 1. The van der Waals surface area contributed by atoms with Gasteiger partial charge in [0, 0.05) is 36.3 Å². The molecule has 0 bridgehead atoms. The van der Waals surface area contributed by atoms with Crippen LogP contribution in [0.1, 0.15) is 22.5 Å². The van der Waals surface area contributed by atoms with Crippen LogP contribution in [-0.4, -0.2) is 49.9 Å². The highest BCUT2D eigenvalue weighted by Gasteiger charge is 2.66. The number of piperidine rings is 1. The van der Waals surface area contributed by atoms with Crippen LogP contribution in [-0.2, 0) is 4.79 Å². The molecule has 5 rings (SSSR count). The van der Waals surface area contributed by atoms with Crippen molar-refractivity contribution in [3.05, 3.63) is 59.9 Å². The quantitative estimate of drug-likeness (QED) is 0.643. The number of hydrogen-bond donors (Lipinski definition) is 2. The van der Waals surface area contributed by atoms with E-state index in [4.69, 9.17) is 5.73 Å². The van der Waals surface area contributed by atoms with Crippen molar-refractivity contribution in [1.29, 1.82) is 0 Å². The summed E-state index contributed by atoms with van der Waals surface area (Å²) >= 11 is 0. The number of hydrogen-bond acceptors (Lipinski definition) is 4. The number of fused-ring (bicyclic) bond motifs is 2. The van der Waals surface area contributed by atoms with Crippen molar-refractivity contribution in [3.8, 4) is 23.2 Å². The van der Waals surface area contributed by atoms with E-state index in [0.717, 1.165) is 12.0 Å². The molecule has 2 fully saturated rings. The summed E-state index contributed by atoms with van der Waals surface area (Å²) in [5, 5.41) is 10.8. The third kappa shape index (κ3) is 2.53. The highest BCUT2D eigenvalue weighted by atomic mass is 16.3. The smallest absolute Gasteiger partial charge is 0.269 e. The van der Waals surface area contributed by atoms with Gasteiger partial charge in [0.2, 0.25) is 5.60 Å². The number of amides is 2. The number of carbonyl (C=O) groups is 2. The van der Waals surface area contributed by atoms with Gasteiger partial charge in [0.25, 0.3) is 11.8 Å². The van der Waals surface area contributed by atoms with Crippen LogP contribution in [0.3, 0.4) is 0 Å². The molecule has 144 valence electrons. The van der Waals surface area contributed by atoms with Gasteiger partial charge >= 0.3 is 0 Å². The topological polar surface area (TPSA) is 101 Å². The van der Waals surface area contributed by atoms with Crippen LogP contribution < -0.4 is 5.73 Å². The first-order chi connectivity index (χ1) is 13.9. The number of rotatable bonds is 2. The zero-order chi connectivity index (χ0) is 20.3. The number of primary amides is 1. The van der Waals surface area contributed by atoms with E-state index in [1.165, 1.54) is 0 Å². The molecular formula is C22H18N4O3. The lowest BCUT2D eigenvalue weighted by atomic mass is 9.98. The van der Waals surface area contributed by atoms with Crippen molar-refractivity contribution in [1.82, 2.24) is 14.3 Å². The van der Waals surface area contributed by atoms with Crippen LogP contribution >= 0.6 is 0 Å². The summed E-state index contributed by atoms with van der Waals surface area (Å²) in [6.07, 6.45) is 2.59. The van der Waals surface area contributed by atoms with Crippen molar-refractivity contribution in [2.24, 2.45) is 11.7 Å². The number of benzene rings is 1. The van der Waals surface area contributed by atoms with Gasteiger partial charge in [-0.3, -0.25) is 14.0 Å². The summed E-state index contributed by atoms with van der Waals surface area (Å²) in [6.45, 7) is 0. The van der Waals surface area contributed by atoms with Gasteiger partial charge in [0.15, 0.2) is 5.69 Å². The maximum Gasteiger partial charge on any atom is 0.269 e. The lowest BCUT2D eigenvalue weighted by Gasteiger charge is -2.18. The number of likely N-dealkylation sites (tertiary alicyclic amines) is 1. The van der Waals surface area contributed by atoms with Gasteiger partial charge in [-0.2, -0.15) is 0 Å². The van der Waals surface area contributed by atoms with Gasteiger partial charge < -0.3 is 15.7 Å². The van der Waals surface area contributed by atoms with Crippen molar-refractivity contribution in [2.75, 3.05) is 7.05 Å². The predicted molar refractivity (Wildman–Crippen MR) is 106 cm³/mol. The lowest BCUT2D eigenvalue weighted by molar-refractivity contribution is -0.140. The Morgan fingerprint density at radius 2 is 2.14 bits per heavy atom. The molecule has 1 saturated heterocycles. The highest BCUT2D eigenvalue weighted by molar-refractivity contribution is 5.99. The maximum absolute atomic E-state index is 12.3. The van der Waals surface area contributed by atoms with Gasteiger partial charge in [-0.1, -0.05) is 30.0 Å². The third-order valence-electron chi connectivity index (χ3n) is 5.74. The Bertz CT molecular complexity index is 1250. The van der Waals surface area contributed by atoms with Crippen LogP contribution in [0.4, 0.5) is 0 Å². The molecule has 2 aromatic heterocycles. The summed E-state index contributed by atoms with van der Waals surface area (Å²) < 4.78 is 1.80. The van der Waals surface area contributed by atoms with Crippen LogP contribution in [0.25, 0.3) is 16.9 Å². The summed E-state index contributed by atoms with van der Waals surface area (Å²) in [7, 11) is 1.70. The number of aliphatic hydroxyl groups is 1. The molecule has 0 radical (unpaired) electrons. The molecular weight excluding hydrogens is 368 g/mol. The molecule has 29 heavy (non-hydrogen) atoms. The lowest BCUT2D eigenvalue weighted by Crippen LogP contribution is -2.41. The molecule has 1 saturated carbocycles. The molecule has 1 aliphatic heterocycles. The van der Waals surface area contributed by atoms with E-state index in [1.54, 1.807) is 28.5 Å². The molecule has 3 atom stereocenters. The molecule has 2 amide bonds. The standard InChI is InChI=1S/C22H18N4O3/c1-25-17-12-15(17)22(29,21(25)28)9-8-13-5-4-6-14(11-13)20-24-18(19(23)27)16-7-2-3-10-26(16)20/h2-7,10-11,15,17,29H,12H2,1H3,(H2,23,27)/t15-,17?,22-/m1/s1. The zero-order valence-electron chi connectivity index (χ0n) is 15.7. The molecule has 0 spiro atoms. The number of aromatic nitrogens is 2. The average molecular weight is 386 g/mol. The Kier molecular flexibility index (Phi) is 3.57. The number of nitrogens with zero attached hydrogens (tertiary/aromatic N) is 3. The van der Waals surface area contributed by atoms with Gasteiger partial charge in [-0.15, -0.1) is 0 Å². The van der Waals surface area contributed by atoms with Crippen LogP contribution in [0, 0.1) is 17.8 Å². The second-order valence-electron chi connectivity index (χ2n) is 7.53. The molecule has 2 aliphatic rings. The van der Waals surface area contributed by atoms with Gasteiger partial charge in [-0.25, -0.2) is 4.98 Å². The second-order valence-corrected chi connectivity index (χ2v) is 7.53. The fourth-order valence-electron chi connectivity index (χ4n) is 4.11. The third-order valence-corrected chi connectivity index (χ3v) is 5.74. The minimum absolute atomic E-state index is 0.0941. The summed E-state index contributed by atoms with van der Waals surface area (Å²) in [5.74, 6) is 5.25. The predicted octanol–water partition coefficient (Wildman–Crippen LogP) is 1.04. The van der Waals surface area contributed by atoms with Crippen LogP contribution in [0.15, 0.2) is 48.7 Å². The Balaban J connectivity index is 1.55. The molecule has 7 nitrogen and oxygen atoms in total. The first kappa shape index (κ1) is 17.5. The fraction of sp³-hybridized carbons (Fsp3) is 0.227. The minimum Gasteiger partial charge on any atom is -0.369 e. The number of pyridine rings is 1. The van der Waals surface area contributed by atoms with E-state index >= 15 is 0 Å². The molecule has 3 N–H and O–H groups in total. The highest BCUT2D eigenvalue weighted by Crippen LogP contribution is 2.50. The number of nitrogens with two attached hydrogens (primary N) is 1. The number of imidazole rings is 1. The SMILES string of the molecule is CN1C(=O)[C@@](O)(C#Cc2cccc(-c3nc(C(N)=O)c4ccccn34)c2)[C@@H]2CC21. The molecule has 3 aromatic rings. The van der Waals surface area contributed by atoms with E-state index in [9.17, 15) is 14.7 Å². The normalized spacial score (nSPS) is 24.9. The zero-order valence-corrected chi connectivity index (χ0v) is 15.7. The first-order valence-corrected chi connectivity index (χ1v) is 9.30. The largest absolute Gasteiger partial charge is 0.369 e. The monoisotopic (exact) mass is 386 g/mol. The first-order valence-electron chi connectivity index (χ1n) is 9.30. The van der Waals surface area contributed by atoms with Gasteiger partial charge in [-0.05, 0) is 30.7 Å². The van der Waals surface area contributed by atoms with Crippen LogP contribution in [0.2, 0.25) is 0 Å². The molecule has 1 aliphatic carbocycles. The van der Waals surface area contributed by atoms with Crippen molar-refractivity contribution >= 4 is 17.3 Å². The Hall–Kier alpha value is -3.63. The van der Waals surface area contributed by atoms with Crippen molar-refractivity contribution in [3.63, 3.8) is 0 Å². The minimum atomic E-state index is -1.62. The average Bonchev–Trinajstić information content (AvgIpc) is 3.40. The molecule has 1 aromatic carbocycles. The van der Waals surface area contributed by atoms with Gasteiger partial charge in [0.1, 0.15) is 5.82 Å². The summed E-state index contributed by atoms with van der Waals surface area (Å²) in [5.41, 5.74) is 6.07. The van der Waals surface area contributed by atoms with E-state index < -0.39 is 11.5 Å². The van der Waals surface area contributed by atoms with E-state index in [-0.39, 0.29) is 23.6 Å². The van der Waals surface area contributed by atoms with Crippen molar-refractivity contribution < 1.29 is 14.7 Å². The number of carbonyl (C=O) groups excluding carboxylic acids is 2. The molecule has 3 heterocycles. The second kappa shape index (κ2) is 5.93. The molecule has 7 heteroatoms. The Morgan fingerprint density at radius 1 is 1.31 bits per heavy atom. The van der Waals surface area contributed by atoms with Crippen molar-refractivity contribution in [2.45, 2.75) is 18.1 Å². The summed E-state index contributed by atoms with van der Waals surface area (Å²) in [4.78, 5) is 30.1. The maximum atomic E-state index is 12.3. The Morgan fingerprint density at radius 3 is 2.86 bits per heavy atom. The van der Waals surface area contributed by atoms with Gasteiger partial charge in [0.05, 0.1) is 5.52 Å². The Labute approximate surface area is 166 Å². The molecule has 1 unspecified atom stereocenters. The summed E-state index contributed by atoms with van der Waals surface area (Å²) in [6, 6.07) is 12.8. The van der Waals surface area contributed by atoms with E-state index in [2.05, 4.69) is 16.8 Å².